The zero-order valence-corrected chi connectivity index (χ0v) is 34.0. The second-order valence-electron chi connectivity index (χ2n) is 13.3. The minimum atomic E-state index is -0.571. The molecule has 1 atom stereocenters. The van der Waals surface area contributed by atoms with E-state index in [0.717, 1.165) is 96.3 Å². The van der Waals surface area contributed by atoms with Crippen LogP contribution in [0.1, 0.15) is 155 Å². The molecule has 0 fully saturated rings. The number of aliphatic hydroxyl groups excluding tert-OH is 1. The molecule has 0 radical (unpaired) electrons. The molecule has 0 aromatic heterocycles. The average Bonchev–Trinajstić information content (AvgIpc) is 3.16. The number of ether oxygens (including phenoxy) is 2. The Morgan fingerprint density at radius 2 is 0.792 bits per heavy atom. The summed E-state index contributed by atoms with van der Waals surface area (Å²) in [6.45, 7) is 5.02. The van der Waals surface area contributed by atoms with Crippen molar-refractivity contribution < 1.29 is 19.4 Å². The van der Waals surface area contributed by atoms with Crippen LogP contribution in [0.2, 0.25) is 0 Å². The number of hydrogen-bond acceptors (Lipinski definition) is 4. The van der Waals surface area contributed by atoms with E-state index in [0.29, 0.717) is 13.0 Å². The molecular weight excluding hydrogens is 653 g/mol. The van der Waals surface area contributed by atoms with Crippen LogP contribution in [0.15, 0.2) is 122 Å². The molecule has 0 rings (SSSR count). The van der Waals surface area contributed by atoms with Crippen LogP contribution in [0.3, 0.4) is 0 Å². The molecule has 0 aromatic rings. The minimum Gasteiger partial charge on any atom is -0.457 e. The smallest absolute Gasteiger partial charge is 0.306 e. The predicted molar refractivity (Wildman–Crippen MR) is 232 cm³/mol. The Morgan fingerprint density at radius 1 is 0.453 bits per heavy atom. The van der Waals surface area contributed by atoms with Gasteiger partial charge in [0.1, 0.15) is 6.10 Å². The summed E-state index contributed by atoms with van der Waals surface area (Å²) < 4.78 is 11.1. The van der Waals surface area contributed by atoms with Crippen LogP contribution in [0.4, 0.5) is 0 Å². The number of carbonyl (C=O) groups is 1. The van der Waals surface area contributed by atoms with Crippen molar-refractivity contribution in [2.75, 3.05) is 19.8 Å². The van der Waals surface area contributed by atoms with E-state index in [1.54, 1.807) is 0 Å². The van der Waals surface area contributed by atoms with Crippen molar-refractivity contribution in [1.82, 2.24) is 0 Å². The fourth-order valence-corrected chi connectivity index (χ4v) is 5.20. The van der Waals surface area contributed by atoms with E-state index in [4.69, 9.17) is 9.47 Å². The Bertz CT molecular complexity index is 1080. The van der Waals surface area contributed by atoms with Gasteiger partial charge in [0.2, 0.25) is 0 Å². The van der Waals surface area contributed by atoms with E-state index >= 15 is 0 Å². The lowest BCUT2D eigenvalue weighted by atomic mass is 10.1. The monoisotopic (exact) mass is 731 g/mol. The van der Waals surface area contributed by atoms with Gasteiger partial charge in [-0.05, 0) is 103 Å². The van der Waals surface area contributed by atoms with Gasteiger partial charge in [0.05, 0.1) is 13.2 Å². The molecule has 1 unspecified atom stereocenters. The summed E-state index contributed by atoms with van der Waals surface area (Å²) in [5.41, 5.74) is 0. The van der Waals surface area contributed by atoms with Gasteiger partial charge in [-0.25, -0.2) is 0 Å². The molecular formula is C49H78O4. The molecule has 1 N–H and O–H groups in total. The largest absolute Gasteiger partial charge is 0.457 e. The Kier molecular flexibility index (Phi) is 42.2. The highest BCUT2D eigenvalue weighted by Gasteiger charge is 2.13. The number of allylic oxidation sites excluding steroid dienone is 20. The topological polar surface area (TPSA) is 55.8 Å². The molecule has 0 amide bonds. The normalized spacial score (nSPS) is 13.6. The maximum absolute atomic E-state index is 12.2. The Hall–Kier alpha value is -3.21. The van der Waals surface area contributed by atoms with E-state index in [1.165, 1.54) is 38.5 Å². The Labute approximate surface area is 327 Å². The highest BCUT2D eigenvalue weighted by Crippen LogP contribution is 2.10. The van der Waals surface area contributed by atoms with Gasteiger partial charge in [-0.15, -0.1) is 0 Å². The summed E-state index contributed by atoms with van der Waals surface area (Å²) in [5.74, 6) is -0.251. The van der Waals surface area contributed by atoms with Crippen LogP contribution in [0.25, 0.3) is 0 Å². The number of hydrogen-bond donors (Lipinski definition) is 1. The minimum absolute atomic E-state index is 0.202. The first-order valence-corrected chi connectivity index (χ1v) is 21.1. The van der Waals surface area contributed by atoms with E-state index in [-0.39, 0.29) is 19.2 Å². The van der Waals surface area contributed by atoms with Crippen molar-refractivity contribution in [3.8, 4) is 0 Å². The van der Waals surface area contributed by atoms with Gasteiger partial charge in [0.25, 0.3) is 0 Å². The van der Waals surface area contributed by atoms with E-state index in [2.05, 4.69) is 135 Å². The first-order chi connectivity index (χ1) is 26.2. The highest BCUT2D eigenvalue weighted by atomic mass is 16.6. The lowest BCUT2D eigenvalue weighted by Gasteiger charge is -2.15. The lowest BCUT2D eigenvalue weighted by Crippen LogP contribution is -2.27. The second-order valence-corrected chi connectivity index (χ2v) is 13.3. The molecule has 0 aromatic carbocycles. The fraction of sp³-hybridized carbons (Fsp3) is 0.571. The third kappa shape index (κ3) is 43.1. The number of aliphatic hydroxyl groups is 1. The van der Waals surface area contributed by atoms with Crippen LogP contribution in [-0.4, -0.2) is 37.0 Å². The van der Waals surface area contributed by atoms with Crippen molar-refractivity contribution in [3.05, 3.63) is 122 Å². The molecule has 0 spiro atoms. The zero-order valence-electron chi connectivity index (χ0n) is 34.0. The summed E-state index contributed by atoms with van der Waals surface area (Å²) in [5, 5.41) is 9.59. The second kappa shape index (κ2) is 44.9. The molecule has 0 saturated carbocycles. The predicted octanol–water partition coefficient (Wildman–Crippen LogP) is 14.1. The maximum Gasteiger partial charge on any atom is 0.306 e. The summed E-state index contributed by atoms with van der Waals surface area (Å²) in [4.78, 5) is 12.2. The number of unbranched alkanes of at least 4 members (excludes halogenated alkanes) is 9. The van der Waals surface area contributed by atoms with Crippen LogP contribution < -0.4 is 0 Å². The summed E-state index contributed by atoms with van der Waals surface area (Å²) in [6.07, 6.45) is 66.9. The van der Waals surface area contributed by atoms with Gasteiger partial charge in [-0.1, -0.05) is 167 Å². The SMILES string of the molecule is CC/C=C\C/C=C\C/C=C\C/C=C\C/C=C\C/C=C\CCCCCCCCCOCC(CO)OC(=O)CCCC/C=C\C/C=C\C/C=C\C/C=C\CC. The van der Waals surface area contributed by atoms with Gasteiger partial charge >= 0.3 is 5.97 Å². The van der Waals surface area contributed by atoms with Gasteiger partial charge < -0.3 is 14.6 Å². The molecule has 298 valence electrons. The third-order valence-electron chi connectivity index (χ3n) is 8.28. The van der Waals surface area contributed by atoms with Gasteiger partial charge in [-0.3, -0.25) is 4.79 Å². The third-order valence-corrected chi connectivity index (χ3v) is 8.28. The molecule has 53 heavy (non-hydrogen) atoms. The van der Waals surface area contributed by atoms with Crippen LogP contribution in [0.5, 0.6) is 0 Å². The maximum atomic E-state index is 12.2. The molecule has 0 heterocycles. The van der Waals surface area contributed by atoms with Crippen molar-refractivity contribution >= 4 is 5.97 Å². The fourth-order valence-electron chi connectivity index (χ4n) is 5.20. The molecule has 0 saturated heterocycles. The molecule has 0 aliphatic rings. The van der Waals surface area contributed by atoms with Gasteiger partial charge in [0.15, 0.2) is 0 Å². The molecule has 0 bridgehead atoms. The van der Waals surface area contributed by atoms with Crippen LogP contribution >= 0.6 is 0 Å². The Balaban J connectivity index is 3.58. The van der Waals surface area contributed by atoms with Crippen molar-refractivity contribution in [2.45, 2.75) is 161 Å². The van der Waals surface area contributed by atoms with E-state index in [1.807, 2.05) is 0 Å². The summed E-state index contributed by atoms with van der Waals surface area (Å²) in [6, 6.07) is 0. The Morgan fingerprint density at radius 3 is 1.19 bits per heavy atom. The van der Waals surface area contributed by atoms with Crippen molar-refractivity contribution in [3.63, 3.8) is 0 Å². The standard InChI is InChI=1S/C49H78O4/c1-3-5-7-9-11-13-15-17-19-20-21-22-23-24-25-26-27-28-29-31-33-35-37-39-41-43-45-52-47-48(46-50)53-49(51)44-42-40-38-36-34-32-30-18-16-14-12-10-8-6-4-2/h5-8,11-14,17-19,21-22,24-25,27-28,30,34,36,48,50H,3-4,9-10,15-16,20,23,26,29,31-33,35,37-47H2,1-2H3/b7-5-,8-6-,13-11-,14-12-,19-17-,22-21-,25-24-,28-27-,30-18-,36-34-. The first-order valence-electron chi connectivity index (χ1n) is 21.1. The molecule has 4 heteroatoms. The number of carbonyl (C=O) groups excluding carboxylic acids is 1. The van der Waals surface area contributed by atoms with Crippen LogP contribution in [0, 0.1) is 0 Å². The number of rotatable bonds is 37. The zero-order chi connectivity index (χ0) is 38.4. The average molecular weight is 731 g/mol. The summed E-state index contributed by atoms with van der Waals surface area (Å²) >= 11 is 0. The van der Waals surface area contributed by atoms with Gasteiger partial charge in [0, 0.05) is 13.0 Å². The molecule has 4 nitrogen and oxygen atoms in total. The quantitative estimate of drug-likeness (QED) is 0.0393. The van der Waals surface area contributed by atoms with Gasteiger partial charge in [-0.2, -0.15) is 0 Å². The van der Waals surface area contributed by atoms with Crippen LogP contribution in [-0.2, 0) is 14.3 Å². The van der Waals surface area contributed by atoms with E-state index < -0.39 is 6.10 Å². The first kappa shape index (κ1) is 49.8. The summed E-state index contributed by atoms with van der Waals surface area (Å²) in [7, 11) is 0. The van der Waals surface area contributed by atoms with Crippen molar-refractivity contribution in [2.24, 2.45) is 0 Å². The lowest BCUT2D eigenvalue weighted by molar-refractivity contribution is -0.154. The molecule has 0 aliphatic heterocycles. The number of esters is 1. The van der Waals surface area contributed by atoms with Crippen molar-refractivity contribution in [1.29, 1.82) is 0 Å². The van der Waals surface area contributed by atoms with E-state index in [9.17, 15) is 9.90 Å². The highest BCUT2D eigenvalue weighted by molar-refractivity contribution is 5.69. The molecule has 0 aliphatic carbocycles.